The summed E-state index contributed by atoms with van der Waals surface area (Å²) in [5.41, 5.74) is 0. The average Bonchev–Trinajstić information content (AvgIpc) is 2.45. The predicted octanol–water partition coefficient (Wildman–Crippen LogP) is 3.99. The van der Waals surface area contributed by atoms with Gasteiger partial charge >= 0.3 is 0 Å². The van der Waals surface area contributed by atoms with Gasteiger partial charge in [0, 0.05) is 11.6 Å². The van der Waals surface area contributed by atoms with Gasteiger partial charge in [0.25, 0.3) is 0 Å². The van der Waals surface area contributed by atoms with Crippen molar-refractivity contribution in [3.05, 3.63) is 36.4 Å². The van der Waals surface area contributed by atoms with Crippen LogP contribution < -0.4 is 4.74 Å². The summed E-state index contributed by atoms with van der Waals surface area (Å²) in [5, 5.41) is 1.96. The monoisotopic (exact) mass is 289 g/mol. The second-order valence-corrected chi connectivity index (χ2v) is 6.10. The number of methoxy groups -OCH3 is 1. The van der Waals surface area contributed by atoms with E-state index in [-0.39, 0.29) is 0 Å². The van der Waals surface area contributed by atoms with Crippen LogP contribution >= 0.6 is 0 Å². The summed E-state index contributed by atoms with van der Waals surface area (Å²) in [6, 6.07) is 11.6. The van der Waals surface area contributed by atoms with E-state index in [1.54, 1.807) is 13.3 Å². The molecule has 1 unspecified atom stereocenters. The zero-order chi connectivity index (χ0) is 14.5. The van der Waals surface area contributed by atoms with Crippen molar-refractivity contribution in [2.45, 2.75) is 25.2 Å². The molecule has 20 heavy (non-hydrogen) atoms. The van der Waals surface area contributed by atoms with Crippen molar-refractivity contribution in [2.24, 2.45) is 10.3 Å². The molecule has 0 aliphatic carbocycles. The van der Waals surface area contributed by atoms with E-state index in [2.05, 4.69) is 18.2 Å². The fourth-order valence-corrected chi connectivity index (χ4v) is 2.96. The van der Waals surface area contributed by atoms with E-state index in [1.165, 1.54) is 0 Å². The number of rotatable bonds is 5. The number of nitrogens with zero attached hydrogens (tertiary/aromatic N) is 1. The smallest absolute Gasteiger partial charge is 0.176 e. The van der Waals surface area contributed by atoms with Crippen LogP contribution in [0.5, 0.6) is 5.75 Å². The quantitative estimate of drug-likeness (QED) is 0.781. The molecule has 2 rings (SSSR count). The molecule has 0 saturated carbocycles. The van der Waals surface area contributed by atoms with E-state index in [0.717, 1.165) is 17.2 Å². The molecule has 0 aliphatic rings. The van der Waals surface area contributed by atoms with E-state index in [4.69, 9.17) is 4.74 Å². The van der Waals surface area contributed by atoms with E-state index < -0.39 is 11.0 Å². The number of hydrogen-bond acceptors (Lipinski definition) is 2. The van der Waals surface area contributed by atoms with E-state index in [9.17, 15) is 4.21 Å². The molecule has 0 heterocycles. The van der Waals surface area contributed by atoms with Crippen LogP contribution in [-0.4, -0.2) is 17.5 Å². The summed E-state index contributed by atoms with van der Waals surface area (Å²) in [5.74, 6) is 1.12. The van der Waals surface area contributed by atoms with Crippen molar-refractivity contribution in [1.29, 1.82) is 0 Å². The molecule has 0 N–H and O–H groups in total. The van der Waals surface area contributed by atoms with Crippen molar-refractivity contribution < 1.29 is 8.95 Å². The van der Waals surface area contributed by atoms with Crippen molar-refractivity contribution >= 4 is 28.0 Å². The Kier molecular flexibility index (Phi) is 4.90. The van der Waals surface area contributed by atoms with Crippen molar-refractivity contribution in [3.63, 3.8) is 0 Å². The second kappa shape index (κ2) is 6.66. The topological polar surface area (TPSA) is 38.7 Å². The van der Waals surface area contributed by atoms with Crippen LogP contribution in [0.25, 0.3) is 10.8 Å². The maximum absolute atomic E-state index is 12.5. The van der Waals surface area contributed by atoms with Gasteiger partial charge in [-0.1, -0.05) is 44.2 Å². The maximum Gasteiger partial charge on any atom is 0.176 e. The molecule has 1 atom stereocenters. The van der Waals surface area contributed by atoms with Crippen LogP contribution in [0.15, 0.2) is 45.7 Å². The van der Waals surface area contributed by atoms with Crippen LogP contribution in [0.4, 0.5) is 0 Å². The van der Waals surface area contributed by atoms with Gasteiger partial charge in [-0.05, 0) is 23.8 Å². The van der Waals surface area contributed by atoms with Gasteiger partial charge < -0.3 is 4.74 Å². The normalized spacial score (nSPS) is 13.2. The molecule has 106 valence electrons. The zero-order valence-corrected chi connectivity index (χ0v) is 12.8. The van der Waals surface area contributed by atoms with Gasteiger partial charge in [-0.3, -0.25) is 0 Å². The lowest BCUT2D eigenvalue weighted by Crippen LogP contribution is -1.96. The molecule has 2 aromatic carbocycles. The summed E-state index contributed by atoms with van der Waals surface area (Å²) >= 11 is 0. The van der Waals surface area contributed by atoms with Crippen molar-refractivity contribution in [3.8, 4) is 5.75 Å². The number of fused-ring (bicyclic) bond motifs is 1. The van der Waals surface area contributed by atoms with Gasteiger partial charge in [-0.15, -0.1) is 0 Å². The second-order valence-electron chi connectivity index (χ2n) is 4.98. The first-order valence-electron chi connectivity index (χ1n) is 6.63. The maximum atomic E-state index is 12.5. The molecule has 3 nitrogen and oxygen atoms in total. The van der Waals surface area contributed by atoms with Gasteiger partial charge in [-0.2, -0.15) is 4.40 Å². The SMILES string of the molecule is COc1ccc2ccccc2c1S(=O)/N=C/CC(C)C. The Morgan fingerprint density at radius 1 is 1.25 bits per heavy atom. The highest BCUT2D eigenvalue weighted by atomic mass is 32.2. The third-order valence-electron chi connectivity index (χ3n) is 2.99. The van der Waals surface area contributed by atoms with Gasteiger partial charge in [-0.25, -0.2) is 4.21 Å². The minimum absolute atomic E-state index is 0.505. The Morgan fingerprint density at radius 2 is 2.00 bits per heavy atom. The van der Waals surface area contributed by atoms with Crippen LogP contribution in [0.1, 0.15) is 20.3 Å². The third kappa shape index (κ3) is 3.25. The van der Waals surface area contributed by atoms with E-state index in [1.807, 2.05) is 36.4 Å². The molecule has 0 radical (unpaired) electrons. The van der Waals surface area contributed by atoms with Crippen LogP contribution in [0.2, 0.25) is 0 Å². The molecular weight excluding hydrogens is 270 g/mol. The first-order valence-corrected chi connectivity index (χ1v) is 7.74. The molecular formula is C16H19NO2S. The number of ether oxygens (including phenoxy) is 1. The standard InChI is InChI=1S/C16H19NO2S/c1-12(2)10-11-17-20(18)16-14-7-5-4-6-13(14)8-9-15(16)19-3/h4-9,11-12H,10H2,1-3H3/b17-11+. The molecule has 0 bridgehead atoms. The van der Waals surface area contributed by atoms with Crippen LogP contribution in [-0.2, 0) is 11.0 Å². The Labute approximate surface area is 122 Å². The summed E-state index contributed by atoms with van der Waals surface area (Å²) in [6.07, 6.45) is 2.56. The highest BCUT2D eigenvalue weighted by Crippen LogP contribution is 2.31. The molecule has 0 aromatic heterocycles. The number of benzene rings is 2. The van der Waals surface area contributed by atoms with E-state index in [0.29, 0.717) is 16.6 Å². The molecule has 4 heteroatoms. The number of hydrogen-bond donors (Lipinski definition) is 0. The minimum Gasteiger partial charge on any atom is -0.495 e. The Bertz CT molecular complexity index is 650. The first-order chi connectivity index (χ1) is 9.63. The lowest BCUT2D eigenvalue weighted by molar-refractivity contribution is 0.405. The van der Waals surface area contributed by atoms with Gasteiger partial charge in [0.05, 0.1) is 7.11 Å². The van der Waals surface area contributed by atoms with Crippen LogP contribution in [0, 0.1) is 5.92 Å². The van der Waals surface area contributed by atoms with Gasteiger partial charge in [0.1, 0.15) is 10.6 Å². The summed E-state index contributed by atoms with van der Waals surface area (Å²) < 4.78 is 21.9. The summed E-state index contributed by atoms with van der Waals surface area (Å²) in [7, 11) is 0.145. The van der Waals surface area contributed by atoms with Gasteiger partial charge in [0.2, 0.25) is 0 Å². The third-order valence-corrected chi connectivity index (χ3v) is 4.10. The molecule has 0 spiro atoms. The highest BCUT2D eigenvalue weighted by molar-refractivity contribution is 7.84. The van der Waals surface area contributed by atoms with Gasteiger partial charge in [0.15, 0.2) is 11.0 Å². The first kappa shape index (κ1) is 14.7. The fourth-order valence-electron chi connectivity index (χ4n) is 1.94. The lowest BCUT2D eigenvalue weighted by Gasteiger charge is -2.09. The van der Waals surface area contributed by atoms with Crippen LogP contribution in [0.3, 0.4) is 0 Å². The summed E-state index contributed by atoms with van der Waals surface area (Å²) in [6.45, 7) is 4.21. The zero-order valence-electron chi connectivity index (χ0n) is 12.0. The van der Waals surface area contributed by atoms with Crippen molar-refractivity contribution in [2.75, 3.05) is 7.11 Å². The minimum atomic E-state index is -1.44. The summed E-state index contributed by atoms with van der Waals surface area (Å²) in [4.78, 5) is 0.644. The average molecular weight is 289 g/mol. The molecule has 0 amide bonds. The Morgan fingerprint density at radius 3 is 2.70 bits per heavy atom. The Hall–Kier alpha value is -1.68. The van der Waals surface area contributed by atoms with E-state index >= 15 is 0 Å². The lowest BCUT2D eigenvalue weighted by atomic mass is 10.1. The Balaban J connectivity index is 2.45. The molecule has 2 aromatic rings. The van der Waals surface area contributed by atoms with Crippen molar-refractivity contribution in [1.82, 2.24) is 0 Å². The molecule has 0 fully saturated rings. The molecule has 0 aliphatic heterocycles. The predicted molar refractivity (Wildman–Crippen MR) is 84.9 cm³/mol. The fraction of sp³-hybridized carbons (Fsp3) is 0.312. The largest absolute Gasteiger partial charge is 0.495 e. The highest BCUT2D eigenvalue weighted by Gasteiger charge is 2.13. The molecule has 0 saturated heterocycles.